The molecule has 0 unspecified atom stereocenters. The lowest BCUT2D eigenvalue weighted by atomic mass is 10.1. The highest BCUT2D eigenvalue weighted by Gasteiger charge is 2.10. The first kappa shape index (κ1) is 13.8. The average Bonchev–Trinajstić information content (AvgIpc) is 2.32. The van der Waals surface area contributed by atoms with Crippen LogP contribution in [-0.4, -0.2) is 24.2 Å². The van der Waals surface area contributed by atoms with E-state index in [0.29, 0.717) is 22.8 Å². The second-order valence-corrected chi connectivity index (χ2v) is 4.15. The fourth-order valence-electron chi connectivity index (χ4n) is 1.45. The Bertz CT molecular complexity index is 383. The number of carbonyl (C=O) groups is 1. The van der Waals surface area contributed by atoms with Gasteiger partial charge in [0.1, 0.15) is 0 Å². The van der Waals surface area contributed by atoms with Crippen LogP contribution >= 0.6 is 11.6 Å². The summed E-state index contributed by atoms with van der Waals surface area (Å²) in [4.78, 5) is 11.8. The number of aliphatic hydroxyl groups excluding tert-OH is 1. The number of aliphatic hydroxyl groups is 1. The van der Waals surface area contributed by atoms with E-state index in [9.17, 15) is 4.79 Å². The molecule has 0 aromatic heterocycles. The molecule has 0 aliphatic rings. The maximum atomic E-state index is 11.8. The van der Waals surface area contributed by atoms with E-state index in [1.54, 1.807) is 18.2 Å². The Kier molecular flexibility index (Phi) is 5.80. The van der Waals surface area contributed by atoms with Crippen molar-refractivity contribution in [1.29, 1.82) is 0 Å². The predicted octanol–water partition coefficient (Wildman–Crippen LogP) is 1.81. The second kappa shape index (κ2) is 7.14. The number of nitrogen functional groups attached to an aromatic ring is 1. The van der Waals surface area contributed by atoms with Crippen LogP contribution < -0.4 is 11.1 Å². The Morgan fingerprint density at radius 1 is 1.35 bits per heavy atom. The number of nitrogens with one attached hydrogen (secondary N) is 1. The van der Waals surface area contributed by atoms with Gasteiger partial charge < -0.3 is 16.2 Å². The molecule has 5 heteroatoms. The summed E-state index contributed by atoms with van der Waals surface area (Å²) in [6.07, 6.45) is 2.49. The largest absolute Gasteiger partial charge is 0.397 e. The van der Waals surface area contributed by atoms with Crippen molar-refractivity contribution >= 4 is 23.2 Å². The summed E-state index contributed by atoms with van der Waals surface area (Å²) >= 11 is 5.83. The molecule has 4 nitrogen and oxygen atoms in total. The van der Waals surface area contributed by atoms with Crippen LogP contribution in [-0.2, 0) is 0 Å². The van der Waals surface area contributed by atoms with Crippen molar-refractivity contribution in [2.45, 2.75) is 19.3 Å². The number of anilines is 1. The van der Waals surface area contributed by atoms with E-state index >= 15 is 0 Å². The summed E-state index contributed by atoms with van der Waals surface area (Å²) in [5.74, 6) is -0.214. The van der Waals surface area contributed by atoms with Gasteiger partial charge in [0.15, 0.2) is 0 Å². The lowest BCUT2D eigenvalue weighted by Gasteiger charge is -2.08. The number of nitrogens with two attached hydrogens (primary N) is 1. The summed E-state index contributed by atoms with van der Waals surface area (Å²) in [6, 6.07) is 4.98. The molecule has 0 atom stereocenters. The summed E-state index contributed by atoms with van der Waals surface area (Å²) in [6.45, 7) is 0.764. The van der Waals surface area contributed by atoms with Crippen LogP contribution in [0.4, 0.5) is 5.69 Å². The molecule has 0 fully saturated rings. The van der Waals surface area contributed by atoms with Crippen LogP contribution in [0.2, 0.25) is 5.02 Å². The van der Waals surface area contributed by atoms with E-state index in [-0.39, 0.29) is 12.5 Å². The number of hydrogen-bond acceptors (Lipinski definition) is 3. The molecule has 0 heterocycles. The summed E-state index contributed by atoms with van der Waals surface area (Å²) < 4.78 is 0. The minimum Gasteiger partial charge on any atom is -0.397 e. The number of benzene rings is 1. The molecule has 1 rings (SSSR count). The Balaban J connectivity index is 2.44. The van der Waals surface area contributed by atoms with Gasteiger partial charge in [-0.3, -0.25) is 4.79 Å². The minimum atomic E-state index is -0.214. The Labute approximate surface area is 106 Å². The normalized spacial score (nSPS) is 10.2. The Morgan fingerprint density at radius 2 is 2.12 bits per heavy atom. The smallest absolute Gasteiger partial charge is 0.253 e. The number of amides is 1. The molecule has 1 amide bonds. The summed E-state index contributed by atoms with van der Waals surface area (Å²) in [7, 11) is 0. The third-order valence-corrected chi connectivity index (χ3v) is 2.75. The number of halogens is 1. The summed E-state index contributed by atoms with van der Waals surface area (Å²) in [5.41, 5.74) is 6.42. The van der Waals surface area contributed by atoms with Gasteiger partial charge in [-0.25, -0.2) is 0 Å². The number of rotatable bonds is 6. The zero-order valence-electron chi connectivity index (χ0n) is 9.58. The molecule has 0 saturated heterocycles. The third-order valence-electron chi connectivity index (χ3n) is 2.42. The lowest BCUT2D eigenvalue weighted by Crippen LogP contribution is -2.25. The maximum absolute atomic E-state index is 11.8. The summed E-state index contributed by atoms with van der Waals surface area (Å²) in [5, 5.41) is 11.8. The minimum absolute atomic E-state index is 0.190. The van der Waals surface area contributed by atoms with Crippen molar-refractivity contribution < 1.29 is 9.90 Å². The molecule has 0 aliphatic heterocycles. The predicted molar refractivity (Wildman–Crippen MR) is 69.1 cm³/mol. The van der Waals surface area contributed by atoms with E-state index < -0.39 is 0 Å². The number of carbonyl (C=O) groups excluding carboxylic acids is 1. The zero-order chi connectivity index (χ0) is 12.7. The standard InChI is InChI=1S/C12H17ClN2O2/c13-10-6-4-5-9(11(10)14)12(17)15-7-2-1-3-8-16/h4-6,16H,1-3,7-8,14H2,(H,15,17). The first-order chi connectivity index (χ1) is 8.16. The fraction of sp³-hybridized carbons (Fsp3) is 0.417. The van der Waals surface area contributed by atoms with Crippen LogP contribution in [0.1, 0.15) is 29.6 Å². The van der Waals surface area contributed by atoms with Crippen LogP contribution in [0.3, 0.4) is 0 Å². The van der Waals surface area contributed by atoms with Crippen LogP contribution in [0.5, 0.6) is 0 Å². The van der Waals surface area contributed by atoms with Gasteiger partial charge in [-0.1, -0.05) is 17.7 Å². The van der Waals surface area contributed by atoms with E-state index in [0.717, 1.165) is 19.3 Å². The molecule has 17 heavy (non-hydrogen) atoms. The van der Waals surface area contributed by atoms with Gasteiger partial charge in [0.2, 0.25) is 0 Å². The van der Waals surface area contributed by atoms with Crippen molar-refractivity contribution in [3.63, 3.8) is 0 Å². The van der Waals surface area contributed by atoms with Gasteiger partial charge in [-0.15, -0.1) is 0 Å². The van der Waals surface area contributed by atoms with E-state index in [1.807, 2.05) is 0 Å². The van der Waals surface area contributed by atoms with Gasteiger partial charge in [-0.2, -0.15) is 0 Å². The van der Waals surface area contributed by atoms with Crippen LogP contribution in [0.25, 0.3) is 0 Å². The maximum Gasteiger partial charge on any atom is 0.253 e. The molecular weight excluding hydrogens is 240 g/mol. The quantitative estimate of drug-likeness (QED) is 0.537. The van der Waals surface area contributed by atoms with Crippen molar-refractivity contribution in [3.05, 3.63) is 28.8 Å². The van der Waals surface area contributed by atoms with Crippen molar-refractivity contribution in [2.24, 2.45) is 0 Å². The Hall–Kier alpha value is -1.26. The number of para-hydroxylation sites is 1. The highest BCUT2D eigenvalue weighted by atomic mass is 35.5. The van der Waals surface area contributed by atoms with Gasteiger partial charge in [0.25, 0.3) is 5.91 Å². The second-order valence-electron chi connectivity index (χ2n) is 3.74. The molecule has 0 saturated carbocycles. The molecule has 0 bridgehead atoms. The highest BCUT2D eigenvalue weighted by molar-refractivity contribution is 6.33. The van der Waals surface area contributed by atoms with Gasteiger partial charge >= 0.3 is 0 Å². The average molecular weight is 257 g/mol. The van der Waals surface area contributed by atoms with Crippen molar-refractivity contribution in [3.8, 4) is 0 Å². The monoisotopic (exact) mass is 256 g/mol. The third kappa shape index (κ3) is 4.24. The number of hydrogen-bond donors (Lipinski definition) is 3. The molecule has 1 aromatic carbocycles. The molecule has 1 aromatic rings. The molecular formula is C12H17ClN2O2. The van der Waals surface area contributed by atoms with Crippen molar-refractivity contribution in [2.75, 3.05) is 18.9 Å². The SMILES string of the molecule is Nc1c(Cl)cccc1C(=O)NCCCCCO. The van der Waals surface area contributed by atoms with Crippen LogP contribution in [0.15, 0.2) is 18.2 Å². The van der Waals surface area contributed by atoms with Crippen molar-refractivity contribution in [1.82, 2.24) is 5.32 Å². The van der Waals surface area contributed by atoms with E-state index in [1.165, 1.54) is 0 Å². The topological polar surface area (TPSA) is 75.4 Å². The van der Waals surface area contributed by atoms with Gasteiger partial charge in [-0.05, 0) is 31.4 Å². The molecule has 0 radical (unpaired) electrons. The molecule has 0 aliphatic carbocycles. The lowest BCUT2D eigenvalue weighted by molar-refractivity contribution is 0.0953. The fourth-order valence-corrected chi connectivity index (χ4v) is 1.62. The Morgan fingerprint density at radius 3 is 2.82 bits per heavy atom. The van der Waals surface area contributed by atoms with Gasteiger partial charge in [0, 0.05) is 13.2 Å². The first-order valence-corrected chi connectivity index (χ1v) is 5.97. The zero-order valence-corrected chi connectivity index (χ0v) is 10.3. The van der Waals surface area contributed by atoms with Gasteiger partial charge in [0.05, 0.1) is 16.3 Å². The molecule has 94 valence electrons. The number of unbranched alkanes of at least 4 members (excludes halogenated alkanes) is 2. The molecule has 4 N–H and O–H groups in total. The van der Waals surface area contributed by atoms with E-state index in [4.69, 9.17) is 22.4 Å². The molecule has 0 spiro atoms. The van der Waals surface area contributed by atoms with Crippen LogP contribution in [0, 0.1) is 0 Å². The van der Waals surface area contributed by atoms with E-state index in [2.05, 4.69) is 5.32 Å². The highest BCUT2D eigenvalue weighted by Crippen LogP contribution is 2.22. The first-order valence-electron chi connectivity index (χ1n) is 5.60.